The smallest absolute Gasteiger partial charge is 0.226 e. The van der Waals surface area contributed by atoms with E-state index in [0.717, 1.165) is 26.1 Å². The van der Waals surface area contributed by atoms with E-state index in [1.807, 2.05) is 6.07 Å². The van der Waals surface area contributed by atoms with Gasteiger partial charge < -0.3 is 14.7 Å². The van der Waals surface area contributed by atoms with Gasteiger partial charge in [-0.1, -0.05) is 5.16 Å². The Bertz CT molecular complexity index is 607. The van der Waals surface area contributed by atoms with Gasteiger partial charge >= 0.3 is 0 Å². The summed E-state index contributed by atoms with van der Waals surface area (Å²) < 4.78 is 4.93. The third-order valence-corrected chi connectivity index (χ3v) is 4.02. The quantitative estimate of drug-likeness (QED) is 0.881. The minimum atomic E-state index is -0.0306. The van der Waals surface area contributed by atoms with Crippen molar-refractivity contribution in [1.82, 2.24) is 20.3 Å². The number of aromatic nitrogens is 3. The van der Waals surface area contributed by atoms with Gasteiger partial charge in [-0.15, -0.1) is 0 Å². The molecule has 0 saturated carbocycles. The fourth-order valence-corrected chi connectivity index (χ4v) is 2.90. The maximum atomic E-state index is 11.9. The molecule has 7 heteroatoms. The van der Waals surface area contributed by atoms with E-state index in [0.29, 0.717) is 23.9 Å². The van der Waals surface area contributed by atoms with Crippen LogP contribution in [0.3, 0.4) is 0 Å². The van der Waals surface area contributed by atoms with Crippen molar-refractivity contribution in [1.29, 1.82) is 0 Å². The summed E-state index contributed by atoms with van der Waals surface area (Å²) in [7, 11) is 0. The normalized spacial score (nSPS) is 19.2. The van der Waals surface area contributed by atoms with Gasteiger partial charge in [-0.25, -0.2) is 0 Å². The predicted molar refractivity (Wildman–Crippen MR) is 81.5 cm³/mol. The Morgan fingerprint density at radius 2 is 2.50 bits per heavy atom. The fourth-order valence-electron chi connectivity index (χ4n) is 2.90. The van der Waals surface area contributed by atoms with Gasteiger partial charge in [0.1, 0.15) is 5.76 Å². The molecular weight excluding hydrogens is 282 g/mol. The molecule has 0 spiro atoms. The molecule has 0 radical (unpaired) electrons. The number of aromatic amines is 1. The molecule has 1 saturated heterocycles. The number of amides is 1. The second-order valence-electron chi connectivity index (χ2n) is 5.77. The van der Waals surface area contributed by atoms with Gasteiger partial charge in [-0.2, -0.15) is 5.10 Å². The number of hydrogen-bond donors (Lipinski definition) is 2. The Kier molecular flexibility index (Phi) is 4.53. The summed E-state index contributed by atoms with van der Waals surface area (Å²) in [6.45, 7) is 4.57. The summed E-state index contributed by atoms with van der Waals surface area (Å²) in [6, 6.07) is 3.75. The number of anilines is 1. The summed E-state index contributed by atoms with van der Waals surface area (Å²) in [5, 5.41) is 13.6. The second kappa shape index (κ2) is 6.74. The van der Waals surface area contributed by atoms with Gasteiger partial charge in [0.25, 0.3) is 0 Å². The third kappa shape index (κ3) is 3.73. The van der Waals surface area contributed by atoms with E-state index in [4.69, 9.17) is 4.52 Å². The van der Waals surface area contributed by atoms with Crippen LogP contribution in [0.15, 0.2) is 22.9 Å². The molecule has 1 aliphatic heterocycles. The number of carbonyl (C=O) groups excluding carboxylic acids is 1. The Morgan fingerprint density at radius 3 is 3.23 bits per heavy atom. The van der Waals surface area contributed by atoms with E-state index in [9.17, 15) is 4.79 Å². The molecule has 1 unspecified atom stereocenters. The van der Waals surface area contributed by atoms with Crippen LogP contribution in [0.2, 0.25) is 0 Å². The van der Waals surface area contributed by atoms with Crippen LogP contribution in [-0.2, 0) is 4.79 Å². The number of nitrogens with zero attached hydrogens (tertiary/aromatic N) is 3. The fraction of sp³-hybridized carbons (Fsp3) is 0.533. The minimum Gasteiger partial charge on any atom is -0.360 e. The first-order valence-electron chi connectivity index (χ1n) is 7.65. The van der Waals surface area contributed by atoms with Crippen LogP contribution in [0, 0.1) is 6.92 Å². The highest BCUT2D eigenvalue weighted by atomic mass is 16.5. The van der Waals surface area contributed by atoms with E-state index in [1.165, 1.54) is 12.1 Å². The van der Waals surface area contributed by atoms with Crippen molar-refractivity contribution in [2.24, 2.45) is 0 Å². The number of carbonyl (C=O) groups is 1. The van der Waals surface area contributed by atoms with Crippen molar-refractivity contribution in [3.05, 3.63) is 29.8 Å². The van der Waals surface area contributed by atoms with Crippen LogP contribution in [0.1, 0.15) is 36.6 Å². The van der Waals surface area contributed by atoms with Gasteiger partial charge in [0.05, 0.1) is 0 Å². The maximum absolute atomic E-state index is 11.9. The lowest BCUT2D eigenvalue weighted by Gasteiger charge is -2.31. The zero-order chi connectivity index (χ0) is 15.4. The topological polar surface area (TPSA) is 87.0 Å². The van der Waals surface area contributed by atoms with Crippen molar-refractivity contribution in [2.45, 2.75) is 32.1 Å². The SMILES string of the molecule is Cc1cc(NC(=O)CCN2CCCC(c3ccn[nH]3)C2)no1. The van der Waals surface area contributed by atoms with Crippen LogP contribution < -0.4 is 5.32 Å². The second-order valence-corrected chi connectivity index (χ2v) is 5.77. The molecule has 0 bridgehead atoms. The van der Waals surface area contributed by atoms with Gasteiger partial charge in [0, 0.05) is 43.4 Å². The number of nitrogens with one attached hydrogen (secondary N) is 2. The number of likely N-dealkylation sites (tertiary alicyclic amines) is 1. The maximum Gasteiger partial charge on any atom is 0.226 e. The molecule has 3 rings (SSSR count). The number of H-pyrrole nitrogens is 1. The van der Waals surface area contributed by atoms with Crippen LogP contribution >= 0.6 is 0 Å². The van der Waals surface area contributed by atoms with E-state index in [1.54, 1.807) is 19.2 Å². The van der Waals surface area contributed by atoms with Crippen molar-refractivity contribution in [3.63, 3.8) is 0 Å². The number of rotatable bonds is 5. The summed E-state index contributed by atoms with van der Waals surface area (Å²) >= 11 is 0. The van der Waals surface area contributed by atoms with Crippen LogP contribution in [-0.4, -0.2) is 45.8 Å². The predicted octanol–water partition coefficient (Wildman–Crippen LogP) is 1.91. The number of piperidine rings is 1. The summed E-state index contributed by atoms with van der Waals surface area (Å²) in [5.41, 5.74) is 1.19. The lowest BCUT2D eigenvalue weighted by Crippen LogP contribution is -2.36. The van der Waals surface area contributed by atoms with Crippen molar-refractivity contribution in [3.8, 4) is 0 Å². The molecule has 0 aliphatic carbocycles. The third-order valence-electron chi connectivity index (χ3n) is 4.02. The van der Waals surface area contributed by atoms with Crippen molar-refractivity contribution < 1.29 is 9.32 Å². The Hall–Kier alpha value is -2.15. The molecule has 22 heavy (non-hydrogen) atoms. The first-order chi connectivity index (χ1) is 10.7. The van der Waals surface area contributed by atoms with E-state index >= 15 is 0 Å². The zero-order valence-corrected chi connectivity index (χ0v) is 12.7. The van der Waals surface area contributed by atoms with Gasteiger partial charge in [-0.05, 0) is 32.4 Å². The number of aryl methyl sites for hydroxylation is 1. The van der Waals surface area contributed by atoms with E-state index in [-0.39, 0.29) is 5.91 Å². The Balaban J connectivity index is 1.45. The highest BCUT2D eigenvalue weighted by Crippen LogP contribution is 2.25. The molecule has 1 amide bonds. The van der Waals surface area contributed by atoms with Gasteiger partial charge in [0.2, 0.25) is 5.91 Å². The highest BCUT2D eigenvalue weighted by molar-refractivity contribution is 5.89. The molecule has 3 heterocycles. The average molecular weight is 303 g/mol. The first-order valence-corrected chi connectivity index (χ1v) is 7.65. The van der Waals surface area contributed by atoms with E-state index < -0.39 is 0 Å². The number of hydrogen-bond acceptors (Lipinski definition) is 5. The molecule has 118 valence electrons. The molecule has 1 aliphatic rings. The van der Waals surface area contributed by atoms with Gasteiger partial charge in [0.15, 0.2) is 5.82 Å². The van der Waals surface area contributed by atoms with Crippen LogP contribution in [0.25, 0.3) is 0 Å². The molecule has 2 aromatic heterocycles. The molecule has 7 nitrogen and oxygen atoms in total. The standard InChI is InChI=1S/C15H21N5O2/c1-11-9-14(19-22-11)17-15(21)5-8-20-7-2-3-12(10-20)13-4-6-16-18-13/h4,6,9,12H,2-3,5,7-8,10H2,1H3,(H,16,18)(H,17,19,21). The Labute approximate surface area is 129 Å². The minimum absolute atomic E-state index is 0.0306. The monoisotopic (exact) mass is 303 g/mol. The summed E-state index contributed by atoms with van der Waals surface area (Å²) in [6.07, 6.45) is 4.57. The molecule has 1 atom stereocenters. The molecule has 1 fully saturated rings. The van der Waals surface area contributed by atoms with Crippen LogP contribution in [0.5, 0.6) is 0 Å². The summed E-state index contributed by atoms with van der Waals surface area (Å²) in [4.78, 5) is 14.3. The Morgan fingerprint density at radius 1 is 1.59 bits per heavy atom. The molecule has 2 N–H and O–H groups in total. The molecule has 2 aromatic rings. The highest BCUT2D eigenvalue weighted by Gasteiger charge is 2.22. The van der Waals surface area contributed by atoms with Gasteiger partial charge in [-0.3, -0.25) is 9.89 Å². The van der Waals surface area contributed by atoms with Crippen LogP contribution in [0.4, 0.5) is 5.82 Å². The first kappa shape index (κ1) is 14.8. The molecular formula is C15H21N5O2. The average Bonchev–Trinajstić information content (AvgIpc) is 3.17. The summed E-state index contributed by atoms with van der Waals surface area (Å²) in [5.74, 6) is 1.62. The lowest BCUT2D eigenvalue weighted by molar-refractivity contribution is -0.116. The van der Waals surface area contributed by atoms with Crippen molar-refractivity contribution in [2.75, 3.05) is 25.0 Å². The lowest BCUT2D eigenvalue weighted by atomic mass is 9.95. The van der Waals surface area contributed by atoms with E-state index in [2.05, 4.69) is 25.6 Å². The zero-order valence-electron chi connectivity index (χ0n) is 12.7. The molecule has 0 aromatic carbocycles. The van der Waals surface area contributed by atoms with Crippen molar-refractivity contribution >= 4 is 11.7 Å². The largest absolute Gasteiger partial charge is 0.360 e.